The third-order valence-electron chi connectivity index (χ3n) is 2.70. The highest BCUT2D eigenvalue weighted by Crippen LogP contribution is 2.28. The molecule has 1 aromatic carbocycles. The van der Waals surface area contributed by atoms with Crippen LogP contribution in [-0.2, 0) is 0 Å². The number of hydrogen-bond donors (Lipinski definition) is 1. The quantitative estimate of drug-likeness (QED) is 0.505. The van der Waals surface area contributed by atoms with Crippen LogP contribution in [0.1, 0.15) is 12.8 Å². The van der Waals surface area contributed by atoms with Crippen LogP contribution >= 0.6 is 34.4 Å². The predicted octanol–water partition coefficient (Wildman–Crippen LogP) is 3.51. The summed E-state index contributed by atoms with van der Waals surface area (Å²) in [4.78, 5) is 10.3. The number of hydrogen-bond acceptors (Lipinski definition) is 4. The first-order chi connectivity index (χ1) is 8.16. The Hall–Kier alpha value is -0.500. The molecule has 0 aliphatic carbocycles. The number of rotatable bonds is 4. The van der Waals surface area contributed by atoms with Crippen LogP contribution in [0.15, 0.2) is 18.2 Å². The van der Waals surface area contributed by atoms with Gasteiger partial charge >= 0.3 is 0 Å². The number of nitrogens with zero attached hydrogens (tertiary/aromatic N) is 1. The Morgan fingerprint density at radius 3 is 3.00 bits per heavy atom. The molecule has 4 nitrogen and oxygen atoms in total. The zero-order valence-corrected chi connectivity index (χ0v) is 12.2. The number of nitro benzene ring substituents is 1. The molecular formula is C11H13IN2O2S. The average molecular weight is 364 g/mol. The second-order valence-corrected chi connectivity index (χ2v) is 6.51. The van der Waals surface area contributed by atoms with Gasteiger partial charge in [-0.05, 0) is 53.3 Å². The average Bonchev–Trinajstić information content (AvgIpc) is 2.78. The fraction of sp³-hybridized carbons (Fsp3) is 0.455. The summed E-state index contributed by atoms with van der Waals surface area (Å²) < 4.78 is 0.677. The van der Waals surface area contributed by atoms with E-state index in [1.54, 1.807) is 12.1 Å². The number of thioether (sulfide) groups is 1. The van der Waals surface area contributed by atoms with Crippen molar-refractivity contribution in [2.45, 2.75) is 18.1 Å². The molecule has 1 saturated heterocycles. The summed E-state index contributed by atoms with van der Waals surface area (Å²) in [5.74, 6) is 1.25. The molecule has 1 aliphatic rings. The van der Waals surface area contributed by atoms with Crippen LogP contribution in [0.25, 0.3) is 0 Å². The van der Waals surface area contributed by atoms with Gasteiger partial charge in [-0.15, -0.1) is 0 Å². The van der Waals surface area contributed by atoms with Gasteiger partial charge in [0.2, 0.25) is 0 Å². The zero-order valence-electron chi connectivity index (χ0n) is 9.19. The number of halogens is 1. The first-order valence-electron chi connectivity index (χ1n) is 5.46. The molecule has 1 N–H and O–H groups in total. The van der Waals surface area contributed by atoms with Crippen molar-refractivity contribution in [3.8, 4) is 0 Å². The Balaban J connectivity index is 1.97. The SMILES string of the molecule is O=[N+]([O-])c1ccc(NCC2CCCS2)cc1I. The van der Waals surface area contributed by atoms with E-state index in [1.807, 2.05) is 40.4 Å². The van der Waals surface area contributed by atoms with E-state index < -0.39 is 0 Å². The van der Waals surface area contributed by atoms with E-state index in [0.717, 1.165) is 12.2 Å². The van der Waals surface area contributed by atoms with Crippen LogP contribution < -0.4 is 5.32 Å². The fourth-order valence-corrected chi connectivity index (χ4v) is 3.72. The maximum Gasteiger partial charge on any atom is 0.282 e. The van der Waals surface area contributed by atoms with Gasteiger partial charge < -0.3 is 5.32 Å². The highest BCUT2D eigenvalue weighted by molar-refractivity contribution is 14.1. The minimum Gasteiger partial charge on any atom is -0.384 e. The third-order valence-corrected chi connectivity index (χ3v) is 4.96. The number of anilines is 1. The number of nitrogens with one attached hydrogen (secondary N) is 1. The lowest BCUT2D eigenvalue weighted by Crippen LogP contribution is -2.13. The Labute approximate surface area is 118 Å². The summed E-state index contributed by atoms with van der Waals surface area (Å²) in [6.07, 6.45) is 2.57. The number of benzene rings is 1. The van der Waals surface area contributed by atoms with Gasteiger partial charge in [0.05, 0.1) is 8.49 Å². The fourth-order valence-electron chi connectivity index (χ4n) is 1.80. The van der Waals surface area contributed by atoms with Gasteiger partial charge in [0.1, 0.15) is 0 Å². The molecule has 1 aromatic rings. The van der Waals surface area contributed by atoms with E-state index in [2.05, 4.69) is 5.32 Å². The smallest absolute Gasteiger partial charge is 0.282 e. The normalized spacial score (nSPS) is 19.2. The molecule has 0 radical (unpaired) electrons. The van der Waals surface area contributed by atoms with Gasteiger partial charge in [0.25, 0.3) is 5.69 Å². The summed E-state index contributed by atoms with van der Waals surface area (Å²) >= 11 is 4.00. The molecule has 1 unspecified atom stereocenters. The summed E-state index contributed by atoms with van der Waals surface area (Å²) in [6.45, 7) is 0.943. The van der Waals surface area contributed by atoms with Crippen molar-refractivity contribution in [1.82, 2.24) is 0 Å². The van der Waals surface area contributed by atoms with Crippen molar-refractivity contribution in [3.63, 3.8) is 0 Å². The van der Waals surface area contributed by atoms with Gasteiger partial charge in [-0.25, -0.2) is 0 Å². The Morgan fingerprint density at radius 1 is 1.59 bits per heavy atom. The van der Waals surface area contributed by atoms with Crippen molar-refractivity contribution < 1.29 is 4.92 Å². The summed E-state index contributed by atoms with van der Waals surface area (Å²) in [5, 5.41) is 14.7. The van der Waals surface area contributed by atoms with Crippen molar-refractivity contribution in [2.75, 3.05) is 17.6 Å². The van der Waals surface area contributed by atoms with Gasteiger partial charge in [-0.2, -0.15) is 11.8 Å². The van der Waals surface area contributed by atoms with Crippen molar-refractivity contribution in [2.24, 2.45) is 0 Å². The van der Waals surface area contributed by atoms with Crippen molar-refractivity contribution in [1.29, 1.82) is 0 Å². The van der Waals surface area contributed by atoms with E-state index in [-0.39, 0.29) is 10.6 Å². The molecule has 92 valence electrons. The van der Waals surface area contributed by atoms with E-state index in [9.17, 15) is 10.1 Å². The lowest BCUT2D eigenvalue weighted by atomic mass is 10.2. The van der Waals surface area contributed by atoms with E-state index in [4.69, 9.17) is 0 Å². The Morgan fingerprint density at radius 2 is 2.41 bits per heavy atom. The second-order valence-electron chi connectivity index (χ2n) is 3.94. The van der Waals surface area contributed by atoms with E-state index in [0.29, 0.717) is 8.82 Å². The molecule has 1 heterocycles. The van der Waals surface area contributed by atoms with Gasteiger partial charge in [-0.1, -0.05) is 0 Å². The molecule has 1 fully saturated rings. The van der Waals surface area contributed by atoms with E-state index >= 15 is 0 Å². The molecule has 6 heteroatoms. The first-order valence-corrected chi connectivity index (χ1v) is 7.59. The standard InChI is InChI=1S/C11H13IN2O2S/c12-10-6-8(3-4-11(10)14(15)16)13-7-9-2-1-5-17-9/h3-4,6,9,13H,1-2,5,7H2. The van der Waals surface area contributed by atoms with Gasteiger partial charge in [-0.3, -0.25) is 10.1 Å². The highest BCUT2D eigenvalue weighted by atomic mass is 127. The lowest BCUT2D eigenvalue weighted by Gasteiger charge is -2.11. The van der Waals surface area contributed by atoms with Gasteiger partial charge in [0.15, 0.2) is 0 Å². The maximum atomic E-state index is 10.7. The minimum atomic E-state index is -0.349. The molecule has 0 spiro atoms. The van der Waals surface area contributed by atoms with Crippen molar-refractivity contribution in [3.05, 3.63) is 31.9 Å². The summed E-state index contributed by atoms with van der Waals surface area (Å²) in [6, 6.07) is 5.17. The van der Waals surface area contributed by atoms with Gasteiger partial charge in [0, 0.05) is 23.5 Å². The molecule has 17 heavy (non-hydrogen) atoms. The van der Waals surface area contributed by atoms with E-state index in [1.165, 1.54) is 18.6 Å². The predicted molar refractivity (Wildman–Crippen MR) is 79.8 cm³/mol. The second kappa shape index (κ2) is 5.90. The molecule has 0 aromatic heterocycles. The van der Waals surface area contributed by atoms with Crippen LogP contribution in [0.5, 0.6) is 0 Å². The maximum absolute atomic E-state index is 10.7. The minimum absolute atomic E-state index is 0.173. The Bertz CT molecular complexity index is 422. The van der Waals surface area contributed by atoms with Crippen LogP contribution in [0.4, 0.5) is 11.4 Å². The molecule has 1 aliphatic heterocycles. The molecular weight excluding hydrogens is 351 g/mol. The largest absolute Gasteiger partial charge is 0.384 e. The molecule has 0 bridgehead atoms. The molecule has 2 rings (SSSR count). The zero-order chi connectivity index (χ0) is 12.3. The third kappa shape index (κ3) is 3.48. The summed E-state index contributed by atoms with van der Waals surface area (Å²) in [7, 11) is 0. The van der Waals surface area contributed by atoms with Crippen molar-refractivity contribution >= 4 is 45.7 Å². The summed E-state index contributed by atoms with van der Waals surface area (Å²) in [5.41, 5.74) is 1.14. The van der Waals surface area contributed by atoms with Crippen LogP contribution in [0.3, 0.4) is 0 Å². The number of nitro groups is 1. The van der Waals surface area contributed by atoms with Crippen LogP contribution in [0.2, 0.25) is 0 Å². The molecule has 1 atom stereocenters. The molecule has 0 saturated carbocycles. The Kier molecular flexibility index (Phi) is 4.49. The first kappa shape index (κ1) is 12.9. The topological polar surface area (TPSA) is 55.2 Å². The van der Waals surface area contributed by atoms with Crippen LogP contribution in [-0.4, -0.2) is 22.5 Å². The lowest BCUT2D eigenvalue weighted by molar-refractivity contribution is -0.385. The monoisotopic (exact) mass is 364 g/mol. The highest BCUT2D eigenvalue weighted by Gasteiger charge is 2.16. The van der Waals surface area contributed by atoms with Crippen LogP contribution in [0, 0.1) is 13.7 Å². The molecule has 0 amide bonds.